The summed E-state index contributed by atoms with van der Waals surface area (Å²) in [6.45, 7) is 1.34. The zero-order chi connectivity index (χ0) is 12.3. The van der Waals surface area contributed by atoms with E-state index in [-0.39, 0.29) is 6.10 Å². The van der Waals surface area contributed by atoms with Gasteiger partial charge < -0.3 is 15.5 Å². The summed E-state index contributed by atoms with van der Waals surface area (Å²) in [6, 6.07) is 7.33. The van der Waals surface area contributed by atoms with Crippen LogP contribution in [0.25, 0.3) is 0 Å². The van der Waals surface area contributed by atoms with E-state index in [1.54, 1.807) is 6.07 Å². The summed E-state index contributed by atoms with van der Waals surface area (Å²) < 4.78 is 0. The van der Waals surface area contributed by atoms with E-state index in [4.69, 9.17) is 16.7 Å². The Morgan fingerprint density at radius 2 is 2.06 bits per heavy atom. The molecule has 17 heavy (non-hydrogen) atoms. The van der Waals surface area contributed by atoms with Gasteiger partial charge in [0.2, 0.25) is 0 Å². The fourth-order valence-electron chi connectivity index (χ4n) is 2.15. The van der Waals surface area contributed by atoms with E-state index in [2.05, 4.69) is 5.32 Å². The standard InChI is InChI=1S/C13H18ClNO2/c14-12-4-2-1-3-11(12)13(17)8-15-7-9-5-10(16)6-9/h1-4,9-10,13,15-17H,5-8H2. The number of halogens is 1. The van der Waals surface area contributed by atoms with Gasteiger partial charge in [-0.15, -0.1) is 0 Å². The van der Waals surface area contributed by atoms with E-state index in [9.17, 15) is 5.11 Å². The molecule has 0 aliphatic heterocycles. The molecular weight excluding hydrogens is 238 g/mol. The fraction of sp³-hybridized carbons (Fsp3) is 0.538. The molecule has 3 N–H and O–H groups in total. The lowest BCUT2D eigenvalue weighted by molar-refractivity contribution is 0.0415. The van der Waals surface area contributed by atoms with Crippen molar-refractivity contribution in [2.75, 3.05) is 13.1 Å². The maximum atomic E-state index is 9.96. The van der Waals surface area contributed by atoms with Gasteiger partial charge in [-0.05, 0) is 31.4 Å². The van der Waals surface area contributed by atoms with Crippen LogP contribution in [0.2, 0.25) is 5.02 Å². The van der Waals surface area contributed by atoms with Crippen molar-refractivity contribution in [1.29, 1.82) is 0 Å². The Labute approximate surface area is 106 Å². The van der Waals surface area contributed by atoms with Gasteiger partial charge in [-0.3, -0.25) is 0 Å². The fourth-order valence-corrected chi connectivity index (χ4v) is 2.41. The average Bonchev–Trinajstić information content (AvgIpc) is 2.27. The molecule has 0 spiro atoms. The lowest BCUT2D eigenvalue weighted by atomic mass is 9.82. The molecule has 0 heterocycles. The maximum absolute atomic E-state index is 9.96. The highest BCUT2D eigenvalue weighted by molar-refractivity contribution is 6.31. The summed E-state index contributed by atoms with van der Waals surface area (Å²) in [5.41, 5.74) is 0.760. The Morgan fingerprint density at radius 1 is 1.35 bits per heavy atom. The second-order valence-electron chi connectivity index (χ2n) is 4.69. The summed E-state index contributed by atoms with van der Waals surface area (Å²) in [5, 5.41) is 22.9. The highest BCUT2D eigenvalue weighted by Crippen LogP contribution is 2.26. The van der Waals surface area contributed by atoms with Crippen LogP contribution < -0.4 is 5.32 Å². The Hall–Kier alpha value is -0.610. The van der Waals surface area contributed by atoms with Crippen molar-refractivity contribution in [3.8, 4) is 0 Å². The van der Waals surface area contributed by atoms with Gasteiger partial charge >= 0.3 is 0 Å². The van der Waals surface area contributed by atoms with E-state index in [1.165, 1.54) is 0 Å². The minimum Gasteiger partial charge on any atom is -0.393 e. The van der Waals surface area contributed by atoms with Crippen LogP contribution in [0, 0.1) is 5.92 Å². The van der Waals surface area contributed by atoms with E-state index in [1.807, 2.05) is 18.2 Å². The van der Waals surface area contributed by atoms with Crippen LogP contribution in [-0.2, 0) is 0 Å². The summed E-state index contributed by atoms with van der Waals surface area (Å²) in [6.07, 6.45) is 1.05. The molecule has 0 radical (unpaired) electrons. The van der Waals surface area contributed by atoms with Gasteiger partial charge in [-0.25, -0.2) is 0 Å². The normalized spacial score (nSPS) is 25.4. The van der Waals surface area contributed by atoms with E-state index in [0.717, 1.165) is 24.9 Å². The van der Waals surface area contributed by atoms with Gasteiger partial charge in [0.1, 0.15) is 0 Å². The van der Waals surface area contributed by atoms with Crippen molar-refractivity contribution in [2.45, 2.75) is 25.0 Å². The summed E-state index contributed by atoms with van der Waals surface area (Å²) in [5.74, 6) is 0.545. The SMILES string of the molecule is OC1CC(CNCC(O)c2ccccc2Cl)C1. The number of aliphatic hydroxyl groups is 2. The van der Waals surface area contributed by atoms with Crippen molar-refractivity contribution in [1.82, 2.24) is 5.32 Å². The lowest BCUT2D eigenvalue weighted by Gasteiger charge is -2.31. The number of aliphatic hydroxyl groups excluding tert-OH is 2. The van der Waals surface area contributed by atoms with Gasteiger partial charge in [0, 0.05) is 17.1 Å². The third kappa shape index (κ3) is 3.42. The zero-order valence-electron chi connectivity index (χ0n) is 9.64. The number of hydrogen-bond acceptors (Lipinski definition) is 3. The van der Waals surface area contributed by atoms with Gasteiger partial charge in [0.25, 0.3) is 0 Å². The average molecular weight is 256 g/mol. The predicted molar refractivity (Wildman–Crippen MR) is 68.0 cm³/mol. The molecule has 1 aliphatic rings. The molecule has 4 heteroatoms. The third-order valence-electron chi connectivity index (χ3n) is 3.25. The highest BCUT2D eigenvalue weighted by Gasteiger charge is 2.26. The van der Waals surface area contributed by atoms with Crippen LogP contribution in [0.15, 0.2) is 24.3 Å². The summed E-state index contributed by atoms with van der Waals surface area (Å²) >= 11 is 6.00. The lowest BCUT2D eigenvalue weighted by Crippen LogP contribution is -2.37. The van der Waals surface area contributed by atoms with Crippen molar-refractivity contribution in [2.24, 2.45) is 5.92 Å². The van der Waals surface area contributed by atoms with Crippen LogP contribution >= 0.6 is 11.6 Å². The monoisotopic (exact) mass is 255 g/mol. The highest BCUT2D eigenvalue weighted by atomic mass is 35.5. The first kappa shape index (κ1) is 12.8. The molecular formula is C13H18ClNO2. The largest absolute Gasteiger partial charge is 0.393 e. The maximum Gasteiger partial charge on any atom is 0.0928 e. The van der Waals surface area contributed by atoms with Crippen LogP contribution in [0.5, 0.6) is 0 Å². The molecule has 0 bridgehead atoms. The molecule has 94 valence electrons. The third-order valence-corrected chi connectivity index (χ3v) is 3.59. The van der Waals surface area contributed by atoms with Crippen molar-refractivity contribution >= 4 is 11.6 Å². The van der Waals surface area contributed by atoms with Crippen LogP contribution in [0.3, 0.4) is 0 Å². The van der Waals surface area contributed by atoms with Crippen molar-refractivity contribution in [3.05, 3.63) is 34.9 Å². The van der Waals surface area contributed by atoms with E-state index in [0.29, 0.717) is 17.5 Å². The topological polar surface area (TPSA) is 52.5 Å². The van der Waals surface area contributed by atoms with Crippen molar-refractivity contribution in [3.63, 3.8) is 0 Å². The number of nitrogens with one attached hydrogen (secondary N) is 1. The Balaban J connectivity index is 1.74. The predicted octanol–water partition coefficient (Wildman–Crippen LogP) is 1.73. The summed E-state index contributed by atoms with van der Waals surface area (Å²) in [7, 11) is 0. The molecule has 0 aromatic heterocycles. The minimum absolute atomic E-state index is 0.115. The Morgan fingerprint density at radius 3 is 2.71 bits per heavy atom. The van der Waals surface area contributed by atoms with E-state index < -0.39 is 6.10 Å². The quantitative estimate of drug-likeness (QED) is 0.751. The molecule has 1 saturated carbocycles. The van der Waals surface area contributed by atoms with Gasteiger partial charge in [-0.2, -0.15) is 0 Å². The second-order valence-corrected chi connectivity index (χ2v) is 5.09. The molecule has 1 aromatic rings. The Kier molecular flexibility index (Phi) is 4.40. The Bertz CT molecular complexity index is 366. The summed E-state index contributed by atoms with van der Waals surface area (Å²) in [4.78, 5) is 0. The van der Waals surface area contributed by atoms with Crippen LogP contribution in [0.1, 0.15) is 24.5 Å². The van der Waals surface area contributed by atoms with Gasteiger partial charge in [-0.1, -0.05) is 29.8 Å². The first-order valence-corrected chi connectivity index (χ1v) is 6.36. The first-order chi connectivity index (χ1) is 8.16. The molecule has 1 aliphatic carbocycles. The van der Waals surface area contributed by atoms with E-state index >= 15 is 0 Å². The van der Waals surface area contributed by atoms with Crippen LogP contribution in [0.4, 0.5) is 0 Å². The molecule has 1 fully saturated rings. The zero-order valence-corrected chi connectivity index (χ0v) is 10.4. The molecule has 2 rings (SSSR count). The van der Waals surface area contributed by atoms with Gasteiger partial charge in [0.15, 0.2) is 0 Å². The molecule has 1 aromatic carbocycles. The molecule has 1 unspecified atom stereocenters. The van der Waals surface area contributed by atoms with Gasteiger partial charge in [0.05, 0.1) is 12.2 Å². The molecule has 3 nitrogen and oxygen atoms in total. The number of hydrogen-bond donors (Lipinski definition) is 3. The molecule has 0 amide bonds. The molecule has 1 atom stereocenters. The number of benzene rings is 1. The van der Waals surface area contributed by atoms with Crippen molar-refractivity contribution < 1.29 is 10.2 Å². The number of rotatable bonds is 5. The second kappa shape index (κ2) is 5.83. The smallest absolute Gasteiger partial charge is 0.0928 e. The first-order valence-electron chi connectivity index (χ1n) is 5.98. The minimum atomic E-state index is -0.575. The van der Waals surface area contributed by atoms with Crippen LogP contribution in [-0.4, -0.2) is 29.4 Å². The molecule has 0 saturated heterocycles.